The number of aromatic nitrogens is 5. The molecule has 0 aliphatic carbocycles. The zero-order valence-electron chi connectivity index (χ0n) is 11.8. The summed E-state index contributed by atoms with van der Waals surface area (Å²) in [4.78, 5) is 12.7. The van der Waals surface area contributed by atoms with E-state index < -0.39 is 0 Å². The molecule has 3 rings (SSSR count). The summed E-state index contributed by atoms with van der Waals surface area (Å²) < 4.78 is 0. The van der Waals surface area contributed by atoms with Crippen molar-refractivity contribution in [2.45, 2.75) is 13.1 Å². The van der Waals surface area contributed by atoms with Gasteiger partial charge in [0.1, 0.15) is 0 Å². The van der Waals surface area contributed by atoms with Gasteiger partial charge >= 0.3 is 0 Å². The van der Waals surface area contributed by atoms with Crippen LogP contribution in [0.3, 0.4) is 0 Å². The maximum Gasteiger partial charge on any atom is 0.244 e. The smallest absolute Gasteiger partial charge is 0.244 e. The quantitative estimate of drug-likeness (QED) is 0.717. The molecule has 22 heavy (non-hydrogen) atoms. The Balaban J connectivity index is 1.58. The second-order valence-electron chi connectivity index (χ2n) is 4.55. The van der Waals surface area contributed by atoms with Crippen LogP contribution in [-0.4, -0.2) is 25.1 Å². The molecule has 0 amide bonds. The average molecular weight is 293 g/mol. The van der Waals surface area contributed by atoms with E-state index in [-0.39, 0.29) is 0 Å². The lowest BCUT2D eigenvalue weighted by atomic mass is 10.3. The summed E-state index contributed by atoms with van der Waals surface area (Å²) in [5.74, 6) is 1.12. The van der Waals surface area contributed by atoms with E-state index >= 15 is 0 Å². The van der Waals surface area contributed by atoms with Gasteiger partial charge < -0.3 is 10.6 Å². The van der Waals surface area contributed by atoms with Crippen molar-refractivity contribution in [2.75, 3.05) is 10.6 Å². The third kappa shape index (κ3) is 3.95. The van der Waals surface area contributed by atoms with Gasteiger partial charge in [0.15, 0.2) is 5.82 Å². The minimum Gasteiger partial charge on any atom is -0.363 e. The lowest BCUT2D eigenvalue weighted by Gasteiger charge is -2.07. The summed E-state index contributed by atoms with van der Waals surface area (Å²) in [7, 11) is 0. The first-order valence-electron chi connectivity index (χ1n) is 6.86. The molecular weight excluding hydrogens is 278 g/mol. The highest BCUT2D eigenvalue weighted by Crippen LogP contribution is 2.07. The van der Waals surface area contributed by atoms with Gasteiger partial charge in [-0.05, 0) is 23.8 Å². The third-order valence-electron chi connectivity index (χ3n) is 2.91. The third-order valence-corrected chi connectivity index (χ3v) is 2.91. The molecule has 7 heteroatoms. The minimum atomic E-state index is 0.467. The van der Waals surface area contributed by atoms with Gasteiger partial charge in [-0.15, -0.1) is 5.10 Å². The Labute approximate surface area is 127 Å². The van der Waals surface area contributed by atoms with Crippen molar-refractivity contribution in [3.8, 4) is 0 Å². The van der Waals surface area contributed by atoms with Gasteiger partial charge in [-0.25, -0.2) is 0 Å². The molecule has 0 unspecified atom stereocenters. The van der Waals surface area contributed by atoms with Crippen molar-refractivity contribution in [2.24, 2.45) is 0 Å². The summed E-state index contributed by atoms with van der Waals surface area (Å²) in [6.45, 7) is 1.18. The summed E-state index contributed by atoms with van der Waals surface area (Å²) in [5, 5.41) is 14.2. The number of pyridine rings is 2. The van der Waals surface area contributed by atoms with Gasteiger partial charge in [-0.3, -0.25) is 9.97 Å². The predicted molar refractivity (Wildman–Crippen MR) is 83.0 cm³/mol. The van der Waals surface area contributed by atoms with Gasteiger partial charge in [-0.1, -0.05) is 12.1 Å². The molecule has 0 radical (unpaired) electrons. The molecule has 0 saturated heterocycles. The van der Waals surface area contributed by atoms with E-state index in [4.69, 9.17) is 0 Å². The fourth-order valence-corrected chi connectivity index (χ4v) is 1.83. The van der Waals surface area contributed by atoms with Crippen LogP contribution in [0.25, 0.3) is 0 Å². The maximum absolute atomic E-state index is 4.36. The van der Waals surface area contributed by atoms with Gasteiger partial charge in [0.2, 0.25) is 5.95 Å². The van der Waals surface area contributed by atoms with Crippen molar-refractivity contribution in [1.29, 1.82) is 0 Å². The van der Waals surface area contributed by atoms with Gasteiger partial charge in [-0.2, -0.15) is 10.1 Å². The van der Waals surface area contributed by atoms with Crippen LogP contribution in [0.15, 0.2) is 55.1 Å². The Morgan fingerprint density at radius 1 is 0.909 bits per heavy atom. The SMILES string of the molecule is c1ccc(CNc2cnnc(NCc3cccnc3)n2)nc1. The van der Waals surface area contributed by atoms with Crippen LogP contribution >= 0.6 is 0 Å². The Hall–Kier alpha value is -3.09. The highest BCUT2D eigenvalue weighted by atomic mass is 15.3. The topological polar surface area (TPSA) is 88.5 Å². The van der Waals surface area contributed by atoms with Crippen LogP contribution in [0.5, 0.6) is 0 Å². The van der Waals surface area contributed by atoms with Crippen molar-refractivity contribution >= 4 is 11.8 Å². The van der Waals surface area contributed by atoms with E-state index in [0.717, 1.165) is 11.3 Å². The Kier molecular flexibility index (Phi) is 4.46. The predicted octanol–water partition coefficient (Wildman–Crippen LogP) is 1.89. The molecular formula is C15H15N7. The summed E-state index contributed by atoms with van der Waals surface area (Å²) in [6, 6.07) is 9.65. The molecule has 0 bridgehead atoms. The normalized spacial score (nSPS) is 10.2. The van der Waals surface area contributed by atoms with Gasteiger partial charge in [0.25, 0.3) is 0 Å². The lowest BCUT2D eigenvalue weighted by Crippen LogP contribution is -2.08. The van der Waals surface area contributed by atoms with Crippen LogP contribution in [0.1, 0.15) is 11.3 Å². The lowest BCUT2D eigenvalue weighted by molar-refractivity contribution is 0.930. The van der Waals surface area contributed by atoms with E-state index in [0.29, 0.717) is 24.9 Å². The van der Waals surface area contributed by atoms with E-state index in [2.05, 4.69) is 35.8 Å². The first-order valence-corrected chi connectivity index (χ1v) is 6.86. The fraction of sp³-hybridized carbons (Fsp3) is 0.133. The molecule has 2 N–H and O–H groups in total. The molecule has 0 aliphatic heterocycles. The van der Waals surface area contributed by atoms with Crippen LogP contribution < -0.4 is 10.6 Å². The van der Waals surface area contributed by atoms with Crippen LogP contribution in [0.4, 0.5) is 11.8 Å². The molecule has 0 aliphatic rings. The molecule has 0 spiro atoms. The average Bonchev–Trinajstić information content (AvgIpc) is 2.60. The minimum absolute atomic E-state index is 0.467. The molecule has 3 aromatic heterocycles. The fourth-order valence-electron chi connectivity index (χ4n) is 1.83. The number of hydrogen-bond acceptors (Lipinski definition) is 7. The Morgan fingerprint density at radius 2 is 1.91 bits per heavy atom. The van der Waals surface area contributed by atoms with Gasteiger partial charge in [0, 0.05) is 25.1 Å². The van der Waals surface area contributed by atoms with E-state index in [1.54, 1.807) is 24.8 Å². The Bertz CT molecular complexity index is 645. The number of hydrogen-bond donors (Lipinski definition) is 2. The van der Waals surface area contributed by atoms with Crippen molar-refractivity contribution in [3.63, 3.8) is 0 Å². The molecule has 0 atom stereocenters. The second-order valence-corrected chi connectivity index (χ2v) is 4.55. The standard InChI is InChI=1S/C15H15N7/c1-2-7-17-13(5-1)10-18-14-11-20-22-15(21-14)19-9-12-4-3-6-16-8-12/h1-8,11H,9-10H2,(H2,18,19,21,22). The monoisotopic (exact) mass is 293 g/mol. The van der Waals surface area contributed by atoms with Crippen LogP contribution in [0, 0.1) is 0 Å². The molecule has 7 nitrogen and oxygen atoms in total. The molecule has 0 aromatic carbocycles. The first kappa shape index (κ1) is 13.9. The second kappa shape index (κ2) is 7.07. The largest absolute Gasteiger partial charge is 0.363 e. The van der Waals surface area contributed by atoms with Crippen LogP contribution in [-0.2, 0) is 13.1 Å². The Morgan fingerprint density at radius 3 is 2.73 bits per heavy atom. The highest BCUT2D eigenvalue weighted by molar-refractivity contribution is 5.37. The first-order chi connectivity index (χ1) is 10.9. The number of nitrogens with zero attached hydrogens (tertiary/aromatic N) is 5. The van der Waals surface area contributed by atoms with Crippen molar-refractivity contribution in [1.82, 2.24) is 25.1 Å². The summed E-state index contributed by atoms with van der Waals surface area (Å²) >= 11 is 0. The molecule has 110 valence electrons. The molecule has 3 aromatic rings. The van der Waals surface area contributed by atoms with E-state index in [1.807, 2.05) is 30.3 Å². The summed E-state index contributed by atoms with van der Waals surface area (Å²) in [5.41, 5.74) is 1.99. The number of rotatable bonds is 6. The zero-order valence-corrected chi connectivity index (χ0v) is 11.8. The van der Waals surface area contributed by atoms with E-state index in [1.165, 1.54) is 0 Å². The molecule has 3 heterocycles. The molecule has 0 fully saturated rings. The highest BCUT2D eigenvalue weighted by Gasteiger charge is 2.01. The van der Waals surface area contributed by atoms with E-state index in [9.17, 15) is 0 Å². The van der Waals surface area contributed by atoms with Crippen molar-refractivity contribution < 1.29 is 0 Å². The van der Waals surface area contributed by atoms with Gasteiger partial charge in [0.05, 0.1) is 18.4 Å². The zero-order chi connectivity index (χ0) is 15.0. The molecule has 0 saturated carbocycles. The number of anilines is 2. The maximum atomic E-state index is 4.36. The van der Waals surface area contributed by atoms with Crippen LogP contribution in [0.2, 0.25) is 0 Å². The number of nitrogens with one attached hydrogen (secondary N) is 2. The van der Waals surface area contributed by atoms with Crippen molar-refractivity contribution in [3.05, 3.63) is 66.4 Å². The summed E-state index contributed by atoms with van der Waals surface area (Å²) in [6.07, 6.45) is 6.88.